The smallest absolute Gasteiger partial charge is 0.261 e. The summed E-state index contributed by atoms with van der Waals surface area (Å²) < 4.78 is 24.7. The minimum absolute atomic E-state index is 0.0524. The van der Waals surface area contributed by atoms with Gasteiger partial charge in [0, 0.05) is 19.0 Å². The van der Waals surface area contributed by atoms with E-state index in [9.17, 15) is 14.0 Å². The molecule has 36 heavy (non-hydrogen) atoms. The van der Waals surface area contributed by atoms with Gasteiger partial charge >= 0.3 is 0 Å². The van der Waals surface area contributed by atoms with Crippen molar-refractivity contribution >= 4 is 11.8 Å². The molecule has 0 heterocycles. The minimum Gasteiger partial charge on any atom is -0.493 e. The Morgan fingerprint density at radius 2 is 1.56 bits per heavy atom. The molecule has 0 saturated carbocycles. The second-order valence-corrected chi connectivity index (χ2v) is 8.61. The molecule has 2 atom stereocenters. The van der Waals surface area contributed by atoms with Crippen LogP contribution < -0.4 is 14.8 Å². The third-order valence-corrected chi connectivity index (χ3v) is 5.96. The number of carbonyl (C=O) groups excluding carboxylic acids is 2. The number of hydrogen-bond donors (Lipinski definition) is 1. The Bertz CT molecular complexity index is 1120. The van der Waals surface area contributed by atoms with Crippen LogP contribution in [0.1, 0.15) is 31.4 Å². The standard InChI is InChI=1S/C29H33FN2O4/c1-4-21(2)31-29(34)25(18-22-10-6-5-7-11-22)32(19-23-14-16-24(30)17-15-23)28(33)20-36-27-13-9-8-12-26(27)35-3/h5-17,21,25H,4,18-20H2,1-3H3,(H,31,34)/t21-,25+/m0/s1. The van der Waals surface area contributed by atoms with Crippen LogP contribution in [0, 0.1) is 5.82 Å². The van der Waals surface area contributed by atoms with Crippen LogP contribution in [0.15, 0.2) is 78.9 Å². The lowest BCUT2D eigenvalue weighted by Crippen LogP contribution is -2.53. The van der Waals surface area contributed by atoms with E-state index in [-0.39, 0.29) is 36.8 Å². The largest absolute Gasteiger partial charge is 0.493 e. The fraction of sp³-hybridized carbons (Fsp3) is 0.310. The number of nitrogens with one attached hydrogen (secondary N) is 1. The van der Waals surface area contributed by atoms with E-state index in [1.807, 2.05) is 50.2 Å². The number of para-hydroxylation sites is 2. The molecule has 0 unspecified atom stereocenters. The van der Waals surface area contributed by atoms with Gasteiger partial charge in [0.2, 0.25) is 5.91 Å². The normalized spacial score (nSPS) is 12.3. The topological polar surface area (TPSA) is 67.9 Å². The van der Waals surface area contributed by atoms with Crippen molar-refractivity contribution in [2.24, 2.45) is 0 Å². The molecule has 0 aliphatic rings. The first-order valence-electron chi connectivity index (χ1n) is 12.0. The summed E-state index contributed by atoms with van der Waals surface area (Å²) in [7, 11) is 1.53. The van der Waals surface area contributed by atoms with Gasteiger partial charge in [0.15, 0.2) is 18.1 Å². The molecular weight excluding hydrogens is 459 g/mol. The van der Waals surface area contributed by atoms with Crippen molar-refractivity contribution in [3.63, 3.8) is 0 Å². The van der Waals surface area contributed by atoms with Crippen LogP contribution >= 0.6 is 0 Å². The Balaban J connectivity index is 1.92. The SMILES string of the molecule is CC[C@H](C)NC(=O)[C@@H](Cc1ccccc1)N(Cc1ccc(F)cc1)C(=O)COc1ccccc1OC. The second-order valence-electron chi connectivity index (χ2n) is 8.61. The highest BCUT2D eigenvalue weighted by atomic mass is 19.1. The maximum atomic E-state index is 13.6. The van der Waals surface area contributed by atoms with Crippen LogP contribution in [0.2, 0.25) is 0 Å². The number of amides is 2. The van der Waals surface area contributed by atoms with Crippen molar-refractivity contribution in [3.05, 3.63) is 95.8 Å². The molecular formula is C29H33FN2O4. The zero-order valence-electron chi connectivity index (χ0n) is 20.9. The number of nitrogens with zero attached hydrogens (tertiary/aromatic N) is 1. The number of halogens is 1. The summed E-state index contributed by atoms with van der Waals surface area (Å²) in [6.07, 6.45) is 1.08. The van der Waals surface area contributed by atoms with Gasteiger partial charge in [-0.15, -0.1) is 0 Å². The molecule has 3 aromatic rings. The average Bonchev–Trinajstić information content (AvgIpc) is 2.90. The van der Waals surface area contributed by atoms with Gasteiger partial charge in [-0.05, 0) is 48.7 Å². The van der Waals surface area contributed by atoms with Crippen molar-refractivity contribution < 1.29 is 23.5 Å². The molecule has 0 aliphatic heterocycles. The average molecular weight is 493 g/mol. The van der Waals surface area contributed by atoms with Crippen molar-refractivity contribution in [2.45, 2.75) is 45.3 Å². The zero-order valence-corrected chi connectivity index (χ0v) is 20.9. The molecule has 0 aliphatic carbocycles. The molecule has 190 valence electrons. The summed E-state index contributed by atoms with van der Waals surface area (Å²) in [5.41, 5.74) is 1.63. The lowest BCUT2D eigenvalue weighted by Gasteiger charge is -2.32. The van der Waals surface area contributed by atoms with E-state index in [0.29, 0.717) is 23.5 Å². The van der Waals surface area contributed by atoms with E-state index in [1.54, 1.807) is 30.3 Å². The van der Waals surface area contributed by atoms with Gasteiger partial charge in [0.25, 0.3) is 5.91 Å². The monoisotopic (exact) mass is 492 g/mol. The van der Waals surface area contributed by atoms with E-state index in [2.05, 4.69) is 5.32 Å². The third kappa shape index (κ3) is 7.57. The molecule has 0 saturated heterocycles. The number of carbonyl (C=O) groups is 2. The van der Waals surface area contributed by atoms with Crippen LogP contribution in [0.3, 0.4) is 0 Å². The number of rotatable bonds is 12. The number of hydrogen-bond acceptors (Lipinski definition) is 4. The van der Waals surface area contributed by atoms with Gasteiger partial charge in [0.05, 0.1) is 7.11 Å². The summed E-state index contributed by atoms with van der Waals surface area (Å²) in [6.45, 7) is 3.75. The predicted octanol–water partition coefficient (Wildman–Crippen LogP) is 4.77. The van der Waals surface area contributed by atoms with Crippen molar-refractivity contribution in [3.8, 4) is 11.5 Å². The Hall–Kier alpha value is -3.87. The zero-order chi connectivity index (χ0) is 25.9. The van der Waals surface area contributed by atoms with Gasteiger partial charge in [0.1, 0.15) is 11.9 Å². The predicted molar refractivity (Wildman–Crippen MR) is 137 cm³/mol. The molecule has 1 N–H and O–H groups in total. The molecule has 0 bridgehead atoms. The summed E-state index contributed by atoms with van der Waals surface area (Å²) >= 11 is 0. The number of benzene rings is 3. The maximum Gasteiger partial charge on any atom is 0.261 e. The van der Waals surface area contributed by atoms with Crippen LogP contribution in [-0.4, -0.2) is 42.5 Å². The second kappa shape index (κ2) is 13.3. The van der Waals surface area contributed by atoms with Crippen LogP contribution in [0.5, 0.6) is 11.5 Å². The first-order chi connectivity index (χ1) is 17.4. The van der Waals surface area contributed by atoms with E-state index in [1.165, 1.54) is 24.1 Å². The van der Waals surface area contributed by atoms with E-state index in [4.69, 9.17) is 9.47 Å². The number of methoxy groups -OCH3 is 1. The molecule has 3 aromatic carbocycles. The van der Waals surface area contributed by atoms with Crippen molar-refractivity contribution in [1.29, 1.82) is 0 Å². The van der Waals surface area contributed by atoms with Crippen LogP contribution in [-0.2, 0) is 22.6 Å². The lowest BCUT2D eigenvalue weighted by atomic mass is 10.0. The summed E-state index contributed by atoms with van der Waals surface area (Å²) in [5, 5.41) is 3.02. The first-order valence-corrected chi connectivity index (χ1v) is 12.0. The Kier molecular flexibility index (Phi) is 9.86. The maximum absolute atomic E-state index is 13.6. The minimum atomic E-state index is -0.791. The van der Waals surface area contributed by atoms with E-state index < -0.39 is 6.04 Å². The quantitative estimate of drug-likeness (QED) is 0.396. The first kappa shape index (κ1) is 26.7. The van der Waals surface area contributed by atoms with Gasteiger partial charge in [-0.3, -0.25) is 9.59 Å². The molecule has 6 nitrogen and oxygen atoms in total. The lowest BCUT2D eigenvalue weighted by molar-refractivity contribution is -0.143. The molecule has 7 heteroatoms. The van der Waals surface area contributed by atoms with E-state index >= 15 is 0 Å². The number of ether oxygens (including phenoxy) is 2. The molecule has 0 radical (unpaired) electrons. The van der Waals surface area contributed by atoms with Crippen LogP contribution in [0.25, 0.3) is 0 Å². The van der Waals surface area contributed by atoms with Gasteiger partial charge in [-0.25, -0.2) is 4.39 Å². The molecule has 3 rings (SSSR count). The molecule has 2 amide bonds. The fourth-order valence-corrected chi connectivity index (χ4v) is 3.74. The van der Waals surface area contributed by atoms with Gasteiger partial charge < -0.3 is 19.7 Å². The highest BCUT2D eigenvalue weighted by Gasteiger charge is 2.31. The molecule has 0 spiro atoms. The summed E-state index contributed by atoms with van der Waals surface area (Å²) in [4.78, 5) is 28.5. The Morgan fingerprint density at radius 1 is 0.917 bits per heavy atom. The third-order valence-electron chi connectivity index (χ3n) is 5.96. The summed E-state index contributed by atoms with van der Waals surface area (Å²) in [5.74, 6) is -0.0533. The van der Waals surface area contributed by atoms with Crippen LogP contribution in [0.4, 0.5) is 4.39 Å². The highest BCUT2D eigenvalue weighted by Crippen LogP contribution is 2.26. The summed E-state index contributed by atoms with van der Waals surface area (Å²) in [6, 6.07) is 21.7. The molecule has 0 fully saturated rings. The van der Waals surface area contributed by atoms with E-state index in [0.717, 1.165) is 12.0 Å². The Labute approximate surface area is 212 Å². The van der Waals surface area contributed by atoms with Gasteiger partial charge in [-0.1, -0.05) is 61.5 Å². The highest BCUT2D eigenvalue weighted by molar-refractivity contribution is 5.88. The fourth-order valence-electron chi connectivity index (χ4n) is 3.74. The van der Waals surface area contributed by atoms with Crippen molar-refractivity contribution in [1.82, 2.24) is 10.2 Å². The van der Waals surface area contributed by atoms with Crippen molar-refractivity contribution in [2.75, 3.05) is 13.7 Å². The molecule has 0 aromatic heterocycles. The van der Waals surface area contributed by atoms with Gasteiger partial charge in [-0.2, -0.15) is 0 Å². The Morgan fingerprint density at radius 3 is 2.19 bits per heavy atom.